The highest BCUT2D eigenvalue weighted by molar-refractivity contribution is 6.32. The Morgan fingerprint density at radius 1 is 1.20 bits per heavy atom. The Hall–Kier alpha value is -1.71. The summed E-state index contributed by atoms with van der Waals surface area (Å²) in [7, 11) is 0. The molecule has 0 radical (unpaired) electrons. The number of likely N-dealkylation sites (tertiary alicyclic amines) is 2. The maximum Gasteiger partial charge on any atom is 0.416 e. The number of benzene rings is 1. The average molecular weight is 448 g/mol. The third-order valence-corrected chi connectivity index (χ3v) is 6.71. The van der Waals surface area contributed by atoms with Crippen molar-refractivity contribution in [3.05, 3.63) is 28.8 Å². The van der Waals surface area contributed by atoms with Crippen LogP contribution in [0.3, 0.4) is 0 Å². The number of amides is 2. The van der Waals surface area contributed by atoms with Gasteiger partial charge >= 0.3 is 12.2 Å². The fourth-order valence-corrected chi connectivity index (χ4v) is 4.77. The van der Waals surface area contributed by atoms with Crippen LogP contribution in [-0.2, 0) is 6.18 Å². The number of carbonyl (C=O) groups excluding carboxylic acids is 1. The molecular weight excluding hydrogens is 423 g/mol. The molecule has 0 saturated carbocycles. The van der Waals surface area contributed by atoms with E-state index in [9.17, 15) is 23.2 Å². The molecule has 2 amide bonds. The lowest BCUT2D eigenvalue weighted by atomic mass is 9.88. The van der Waals surface area contributed by atoms with E-state index in [2.05, 4.69) is 0 Å². The zero-order chi connectivity index (χ0) is 21.5. The number of piperidine rings is 1. The van der Waals surface area contributed by atoms with Crippen molar-refractivity contribution in [1.82, 2.24) is 14.9 Å². The average Bonchev–Trinajstić information content (AvgIpc) is 3.06. The molecule has 6 nitrogen and oxygen atoms in total. The maximum absolute atomic E-state index is 12.7. The van der Waals surface area contributed by atoms with Gasteiger partial charge in [0.05, 0.1) is 22.7 Å². The molecule has 1 N–H and O–H groups in total. The van der Waals surface area contributed by atoms with E-state index in [1.165, 1.54) is 11.1 Å². The predicted molar refractivity (Wildman–Crippen MR) is 104 cm³/mol. The Morgan fingerprint density at radius 2 is 1.90 bits per heavy atom. The van der Waals surface area contributed by atoms with Crippen LogP contribution < -0.4 is 4.74 Å². The van der Waals surface area contributed by atoms with Crippen LogP contribution in [0.5, 0.6) is 5.75 Å². The second-order valence-electron chi connectivity index (χ2n) is 8.47. The first kappa shape index (κ1) is 21.5. The first-order valence-electron chi connectivity index (χ1n) is 10.2. The Morgan fingerprint density at radius 3 is 2.47 bits per heavy atom. The maximum atomic E-state index is 12.7. The number of alkyl halides is 3. The highest BCUT2D eigenvalue weighted by atomic mass is 35.5. The van der Waals surface area contributed by atoms with E-state index in [-0.39, 0.29) is 28.3 Å². The largest absolute Gasteiger partial charge is 0.492 e. The predicted octanol–water partition coefficient (Wildman–Crippen LogP) is 4.11. The normalized spacial score (nSPS) is 22.4. The number of nitrogens with zero attached hydrogens (tertiary/aromatic N) is 3. The molecule has 1 spiro atoms. The SMILES string of the molecule is O=C(N1CCC(COc2ccc(C(F)(F)F)cc2Cl)CC1)N1CC2(CCCN2O)C1. The number of ether oxygens (including phenoxy) is 1. The minimum absolute atomic E-state index is 0.00563. The van der Waals surface area contributed by atoms with Gasteiger partial charge < -0.3 is 19.7 Å². The van der Waals surface area contributed by atoms with E-state index in [4.69, 9.17) is 16.3 Å². The molecule has 3 saturated heterocycles. The van der Waals surface area contributed by atoms with Gasteiger partial charge in [0.1, 0.15) is 5.75 Å². The second kappa shape index (κ2) is 8.09. The monoisotopic (exact) mass is 447 g/mol. The van der Waals surface area contributed by atoms with Gasteiger partial charge in [0.15, 0.2) is 0 Å². The molecular formula is C20H25ClF3N3O3. The van der Waals surface area contributed by atoms with Gasteiger partial charge in [-0.15, -0.1) is 0 Å². The van der Waals surface area contributed by atoms with Crippen molar-refractivity contribution in [3.8, 4) is 5.75 Å². The molecule has 0 aliphatic carbocycles. The number of halogens is 4. The quantitative estimate of drug-likeness (QED) is 0.757. The summed E-state index contributed by atoms with van der Waals surface area (Å²) < 4.78 is 43.8. The lowest BCUT2D eigenvalue weighted by molar-refractivity contribution is -0.188. The third-order valence-electron chi connectivity index (χ3n) is 6.42. The molecule has 10 heteroatoms. The van der Waals surface area contributed by atoms with Gasteiger partial charge in [0, 0.05) is 32.7 Å². The Bertz CT molecular complexity index is 793. The van der Waals surface area contributed by atoms with Gasteiger partial charge in [0.2, 0.25) is 0 Å². The van der Waals surface area contributed by atoms with Crippen LogP contribution in [0.15, 0.2) is 18.2 Å². The van der Waals surface area contributed by atoms with Crippen LogP contribution in [0.1, 0.15) is 31.2 Å². The summed E-state index contributed by atoms with van der Waals surface area (Å²) in [6.07, 6.45) is -1.05. The highest BCUT2D eigenvalue weighted by Crippen LogP contribution is 2.37. The Labute approximate surface area is 178 Å². The number of urea groups is 1. The van der Waals surface area contributed by atoms with Crippen LogP contribution in [0.25, 0.3) is 0 Å². The topological polar surface area (TPSA) is 56.2 Å². The Balaban J connectivity index is 1.22. The summed E-state index contributed by atoms with van der Waals surface area (Å²) >= 11 is 5.93. The van der Waals surface area contributed by atoms with Crippen molar-refractivity contribution in [2.24, 2.45) is 5.92 Å². The lowest BCUT2D eigenvalue weighted by Crippen LogP contribution is -2.70. The van der Waals surface area contributed by atoms with E-state index in [0.29, 0.717) is 39.3 Å². The molecule has 0 atom stereocenters. The number of rotatable bonds is 3. The van der Waals surface area contributed by atoms with Crippen LogP contribution in [0.4, 0.5) is 18.0 Å². The molecule has 3 fully saturated rings. The van der Waals surface area contributed by atoms with Crippen LogP contribution in [-0.4, -0.2) is 71.0 Å². The van der Waals surface area contributed by atoms with Crippen LogP contribution in [0.2, 0.25) is 5.02 Å². The first-order chi connectivity index (χ1) is 14.2. The summed E-state index contributed by atoms with van der Waals surface area (Å²) in [4.78, 5) is 16.3. The fraction of sp³-hybridized carbons (Fsp3) is 0.650. The summed E-state index contributed by atoms with van der Waals surface area (Å²) in [6.45, 7) is 3.37. The van der Waals surface area contributed by atoms with E-state index in [0.717, 1.165) is 37.8 Å². The Kier molecular flexibility index (Phi) is 5.80. The molecule has 30 heavy (non-hydrogen) atoms. The second-order valence-corrected chi connectivity index (χ2v) is 8.88. The summed E-state index contributed by atoms with van der Waals surface area (Å²) in [5.74, 6) is 0.442. The summed E-state index contributed by atoms with van der Waals surface area (Å²) in [5, 5.41) is 11.3. The van der Waals surface area contributed by atoms with Crippen molar-refractivity contribution in [1.29, 1.82) is 0 Å². The van der Waals surface area contributed by atoms with Gasteiger partial charge in [0.25, 0.3) is 0 Å². The molecule has 3 aliphatic rings. The number of hydroxylamine groups is 2. The van der Waals surface area contributed by atoms with Crippen LogP contribution >= 0.6 is 11.6 Å². The summed E-state index contributed by atoms with van der Waals surface area (Å²) in [5.41, 5.74) is -1.05. The van der Waals surface area contributed by atoms with E-state index in [1.807, 2.05) is 4.90 Å². The molecule has 3 heterocycles. The molecule has 0 unspecified atom stereocenters. The number of hydrogen-bond acceptors (Lipinski definition) is 4. The minimum atomic E-state index is -4.44. The highest BCUT2D eigenvalue weighted by Gasteiger charge is 2.52. The van der Waals surface area contributed by atoms with Gasteiger partial charge in [-0.3, -0.25) is 0 Å². The van der Waals surface area contributed by atoms with Crippen molar-refractivity contribution in [3.63, 3.8) is 0 Å². The zero-order valence-corrected chi connectivity index (χ0v) is 17.3. The van der Waals surface area contributed by atoms with Crippen LogP contribution in [0, 0.1) is 5.92 Å². The fourth-order valence-electron chi connectivity index (χ4n) is 4.54. The lowest BCUT2D eigenvalue weighted by Gasteiger charge is -2.52. The first-order valence-corrected chi connectivity index (χ1v) is 10.6. The molecule has 0 bridgehead atoms. The van der Waals surface area contributed by atoms with Gasteiger partial charge in [-0.25, -0.2) is 4.79 Å². The number of carbonyl (C=O) groups is 1. The van der Waals surface area contributed by atoms with E-state index < -0.39 is 11.7 Å². The molecule has 0 aromatic heterocycles. The molecule has 4 rings (SSSR count). The van der Waals surface area contributed by atoms with Gasteiger partial charge in [-0.2, -0.15) is 18.2 Å². The van der Waals surface area contributed by atoms with Gasteiger partial charge in [-0.1, -0.05) is 11.6 Å². The molecule has 1 aromatic rings. The third kappa shape index (κ3) is 4.20. The summed E-state index contributed by atoms with van der Waals surface area (Å²) in [6, 6.07) is 3.08. The number of hydrogen-bond donors (Lipinski definition) is 1. The van der Waals surface area contributed by atoms with Gasteiger partial charge in [-0.05, 0) is 49.8 Å². The molecule has 3 aliphatic heterocycles. The van der Waals surface area contributed by atoms with Crippen molar-refractivity contribution >= 4 is 17.6 Å². The van der Waals surface area contributed by atoms with Crippen molar-refractivity contribution in [2.75, 3.05) is 39.3 Å². The van der Waals surface area contributed by atoms with E-state index >= 15 is 0 Å². The van der Waals surface area contributed by atoms with Crippen molar-refractivity contribution in [2.45, 2.75) is 37.4 Å². The van der Waals surface area contributed by atoms with E-state index in [1.54, 1.807) is 4.90 Å². The molecule has 1 aromatic carbocycles. The smallest absolute Gasteiger partial charge is 0.416 e. The minimum Gasteiger partial charge on any atom is -0.492 e. The van der Waals surface area contributed by atoms with Crippen molar-refractivity contribution < 1.29 is 27.9 Å². The zero-order valence-electron chi connectivity index (χ0n) is 16.5. The standard InChI is InChI=1S/C20H25ClF3N3O3/c21-16-10-15(20(22,23)24)2-3-17(16)30-11-14-4-8-25(9-5-14)18(28)26-12-19(13-26)6-1-7-27(19)29/h2-3,10,14,29H,1,4-9,11-13H2. The molecule has 166 valence electrons.